The van der Waals surface area contributed by atoms with Gasteiger partial charge in [-0.05, 0) is 36.4 Å². The van der Waals surface area contributed by atoms with Crippen LogP contribution in [0, 0.1) is 0 Å². The van der Waals surface area contributed by atoms with Crippen LogP contribution in [0.4, 0.5) is 5.69 Å². The van der Waals surface area contributed by atoms with Crippen molar-refractivity contribution in [3.63, 3.8) is 0 Å². The van der Waals surface area contributed by atoms with Gasteiger partial charge in [0.15, 0.2) is 0 Å². The van der Waals surface area contributed by atoms with Crippen molar-refractivity contribution < 1.29 is 14.3 Å². The van der Waals surface area contributed by atoms with Crippen LogP contribution < -0.4 is 5.32 Å². The number of hydrogen-bond acceptors (Lipinski definition) is 4. The lowest BCUT2D eigenvalue weighted by atomic mass is 10.2. The van der Waals surface area contributed by atoms with Crippen LogP contribution in [0.15, 0.2) is 57.9 Å². The van der Waals surface area contributed by atoms with E-state index in [2.05, 4.69) is 21.2 Å². The van der Waals surface area contributed by atoms with Gasteiger partial charge >= 0.3 is 5.97 Å². The third kappa shape index (κ3) is 4.61. The molecule has 4 nitrogen and oxygen atoms in total. The second kappa shape index (κ2) is 8.00. The molecule has 0 aliphatic carbocycles. The highest BCUT2D eigenvalue weighted by atomic mass is 79.9. The molecule has 0 atom stereocenters. The highest BCUT2D eigenvalue weighted by Crippen LogP contribution is 2.21. The minimum Gasteiger partial charge on any atom is -0.465 e. The number of rotatable bonds is 5. The topological polar surface area (TPSA) is 55.4 Å². The molecule has 1 amide bonds. The molecule has 22 heavy (non-hydrogen) atoms. The van der Waals surface area contributed by atoms with Crippen LogP contribution in [-0.4, -0.2) is 24.7 Å². The van der Waals surface area contributed by atoms with Crippen molar-refractivity contribution in [2.45, 2.75) is 4.90 Å². The molecule has 2 aromatic rings. The Labute approximate surface area is 141 Å². The first-order chi connectivity index (χ1) is 10.6. The van der Waals surface area contributed by atoms with E-state index in [0.717, 1.165) is 9.37 Å². The van der Waals surface area contributed by atoms with Crippen molar-refractivity contribution in [1.29, 1.82) is 0 Å². The van der Waals surface area contributed by atoms with Crippen LogP contribution in [0.3, 0.4) is 0 Å². The summed E-state index contributed by atoms with van der Waals surface area (Å²) in [5.41, 5.74) is 0.794. The van der Waals surface area contributed by atoms with E-state index in [1.165, 1.54) is 18.9 Å². The van der Waals surface area contributed by atoms with Gasteiger partial charge in [-0.25, -0.2) is 4.79 Å². The first kappa shape index (κ1) is 16.6. The molecule has 0 aliphatic rings. The van der Waals surface area contributed by atoms with Crippen LogP contribution in [0.1, 0.15) is 10.4 Å². The smallest absolute Gasteiger partial charge is 0.339 e. The van der Waals surface area contributed by atoms with Crippen LogP contribution in [0.5, 0.6) is 0 Å². The first-order valence-corrected chi connectivity index (χ1v) is 8.23. The molecule has 2 rings (SSSR count). The molecule has 0 radical (unpaired) electrons. The standard InChI is InChI=1S/C16H14BrNO3S/c1-21-16(20)13-4-2-3-5-14(13)18-15(19)10-22-12-8-6-11(17)7-9-12/h2-9H,10H2,1H3,(H,18,19). The molecule has 6 heteroatoms. The Bertz CT molecular complexity index is 673. The van der Waals surface area contributed by atoms with E-state index in [1.54, 1.807) is 24.3 Å². The maximum atomic E-state index is 12.0. The van der Waals surface area contributed by atoms with E-state index in [9.17, 15) is 9.59 Å². The summed E-state index contributed by atoms with van der Waals surface area (Å²) in [6, 6.07) is 14.5. The summed E-state index contributed by atoms with van der Waals surface area (Å²) >= 11 is 4.79. The van der Waals surface area contributed by atoms with Crippen LogP contribution in [0.2, 0.25) is 0 Å². The SMILES string of the molecule is COC(=O)c1ccccc1NC(=O)CSc1ccc(Br)cc1. The number of ether oxygens (including phenoxy) is 1. The third-order valence-electron chi connectivity index (χ3n) is 2.79. The zero-order valence-electron chi connectivity index (χ0n) is 11.8. The van der Waals surface area contributed by atoms with Crippen molar-refractivity contribution in [1.82, 2.24) is 0 Å². The molecule has 114 valence electrons. The van der Waals surface area contributed by atoms with Gasteiger partial charge in [0, 0.05) is 9.37 Å². The molecule has 0 heterocycles. The van der Waals surface area contributed by atoms with Crippen molar-refractivity contribution in [2.75, 3.05) is 18.2 Å². The number of hydrogen-bond donors (Lipinski definition) is 1. The molecule has 0 aromatic heterocycles. The summed E-state index contributed by atoms with van der Waals surface area (Å²) in [5, 5.41) is 2.74. The number of anilines is 1. The minimum atomic E-state index is -0.475. The number of nitrogens with one attached hydrogen (secondary N) is 1. The molecule has 0 unspecified atom stereocenters. The highest BCUT2D eigenvalue weighted by Gasteiger charge is 2.13. The summed E-state index contributed by atoms with van der Waals surface area (Å²) in [4.78, 5) is 24.7. The second-order valence-electron chi connectivity index (χ2n) is 4.33. The summed E-state index contributed by atoms with van der Waals surface area (Å²) in [6.07, 6.45) is 0. The number of halogens is 1. The van der Waals surface area contributed by atoms with Crippen LogP contribution >= 0.6 is 27.7 Å². The van der Waals surface area contributed by atoms with Gasteiger partial charge in [0.2, 0.25) is 5.91 Å². The minimum absolute atomic E-state index is 0.177. The Morgan fingerprint density at radius 2 is 1.82 bits per heavy atom. The summed E-state index contributed by atoms with van der Waals surface area (Å²) < 4.78 is 5.69. The number of carbonyl (C=O) groups is 2. The summed E-state index contributed by atoms with van der Waals surface area (Å²) in [5.74, 6) is -0.391. The largest absolute Gasteiger partial charge is 0.465 e. The fraction of sp³-hybridized carbons (Fsp3) is 0.125. The van der Waals surface area contributed by atoms with Gasteiger partial charge in [-0.15, -0.1) is 11.8 Å². The number of amides is 1. The normalized spacial score (nSPS) is 10.1. The third-order valence-corrected chi connectivity index (χ3v) is 4.33. The molecule has 0 saturated heterocycles. The van der Waals surface area contributed by atoms with Crippen LogP contribution in [0.25, 0.3) is 0 Å². The number of carbonyl (C=O) groups excluding carboxylic acids is 2. The second-order valence-corrected chi connectivity index (χ2v) is 6.29. The highest BCUT2D eigenvalue weighted by molar-refractivity contribution is 9.10. The van der Waals surface area contributed by atoms with Gasteiger partial charge in [-0.1, -0.05) is 28.1 Å². The van der Waals surface area contributed by atoms with Crippen LogP contribution in [-0.2, 0) is 9.53 Å². The molecule has 0 bridgehead atoms. The predicted octanol–water partition coefficient (Wildman–Crippen LogP) is 3.97. The number of methoxy groups -OCH3 is 1. The summed E-state index contributed by atoms with van der Waals surface area (Å²) in [7, 11) is 1.31. The van der Waals surface area contributed by atoms with Gasteiger partial charge in [0.1, 0.15) is 0 Å². The Morgan fingerprint density at radius 1 is 1.14 bits per heavy atom. The molecule has 2 aromatic carbocycles. The predicted molar refractivity (Wildman–Crippen MR) is 91.3 cm³/mol. The Morgan fingerprint density at radius 3 is 2.50 bits per heavy atom. The zero-order valence-corrected chi connectivity index (χ0v) is 14.2. The lowest BCUT2D eigenvalue weighted by Crippen LogP contribution is -2.17. The Hall–Kier alpha value is -1.79. The van der Waals surface area contributed by atoms with Crippen molar-refractivity contribution in [3.05, 3.63) is 58.6 Å². The number of benzene rings is 2. The van der Waals surface area contributed by atoms with Gasteiger partial charge in [-0.3, -0.25) is 4.79 Å². The fourth-order valence-corrected chi connectivity index (χ4v) is 2.71. The maximum absolute atomic E-state index is 12.0. The van der Waals surface area contributed by atoms with E-state index in [4.69, 9.17) is 4.74 Å². The molecular formula is C16H14BrNO3S. The van der Waals surface area contributed by atoms with E-state index >= 15 is 0 Å². The van der Waals surface area contributed by atoms with E-state index in [0.29, 0.717) is 11.3 Å². The molecule has 0 saturated carbocycles. The Balaban J connectivity index is 1.97. The van der Waals surface area contributed by atoms with E-state index in [-0.39, 0.29) is 11.7 Å². The maximum Gasteiger partial charge on any atom is 0.339 e. The number of thioether (sulfide) groups is 1. The zero-order chi connectivity index (χ0) is 15.9. The summed E-state index contributed by atoms with van der Waals surface area (Å²) in [6.45, 7) is 0. The molecule has 0 aliphatic heterocycles. The first-order valence-electron chi connectivity index (χ1n) is 6.45. The average Bonchev–Trinajstić information content (AvgIpc) is 2.54. The van der Waals surface area contributed by atoms with E-state index in [1.807, 2.05) is 24.3 Å². The monoisotopic (exact) mass is 379 g/mol. The fourth-order valence-electron chi connectivity index (χ4n) is 1.75. The lowest BCUT2D eigenvalue weighted by molar-refractivity contribution is -0.113. The van der Waals surface area contributed by atoms with Gasteiger partial charge in [0.05, 0.1) is 24.1 Å². The lowest BCUT2D eigenvalue weighted by Gasteiger charge is -2.09. The molecule has 0 fully saturated rings. The molecular weight excluding hydrogens is 366 g/mol. The van der Waals surface area contributed by atoms with E-state index < -0.39 is 5.97 Å². The van der Waals surface area contributed by atoms with Gasteiger partial charge < -0.3 is 10.1 Å². The number of esters is 1. The molecule has 0 spiro atoms. The molecule has 1 N–H and O–H groups in total. The van der Waals surface area contributed by atoms with Gasteiger partial charge in [0.25, 0.3) is 0 Å². The Kier molecular flexibility index (Phi) is 6.03. The van der Waals surface area contributed by atoms with Crippen molar-refractivity contribution >= 4 is 45.3 Å². The van der Waals surface area contributed by atoms with Crippen molar-refractivity contribution in [2.24, 2.45) is 0 Å². The van der Waals surface area contributed by atoms with Gasteiger partial charge in [-0.2, -0.15) is 0 Å². The number of para-hydroxylation sites is 1. The quantitative estimate of drug-likeness (QED) is 0.630. The van der Waals surface area contributed by atoms with Crippen molar-refractivity contribution in [3.8, 4) is 0 Å². The average molecular weight is 380 g/mol.